The van der Waals surface area contributed by atoms with Crippen molar-refractivity contribution in [1.82, 2.24) is 0 Å². The van der Waals surface area contributed by atoms with E-state index in [0.29, 0.717) is 12.2 Å². The maximum Gasteiger partial charge on any atom is 0.143 e. The molecule has 1 N–H and O–H groups in total. The van der Waals surface area contributed by atoms with Gasteiger partial charge < -0.3 is 5.32 Å². The largest absolute Gasteiger partial charge is 0.358 e. The number of fused-ring (bicyclic) bond motifs is 4. The molecule has 0 spiro atoms. The summed E-state index contributed by atoms with van der Waals surface area (Å²) in [6.45, 7) is 2.10. The van der Waals surface area contributed by atoms with Gasteiger partial charge >= 0.3 is 0 Å². The van der Waals surface area contributed by atoms with Crippen LogP contribution in [-0.4, -0.2) is 5.78 Å². The number of hydrogen-bond donors (Lipinski definition) is 1. The van der Waals surface area contributed by atoms with E-state index in [2.05, 4.69) is 79.0 Å². The number of Topliss-reactive ketones (excluding diaryl/α,β-unsaturated/α-hetero) is 1. The van der Waals surface area contributed by atoms with Crippen molar-refractivity contribution in [3.05, 3.63) is 89.1 Å². The van der Waals surface area contributed by atoms with E-state index < -0.39 is 0 Å². The molecule has 0 aromatic heterocycles. The molecule has 0 saturated carbocycles. The Balaban J connectivity index is 1.82. The summed E-state index contributed by atoms with van der Waals surface area (Å²) >= 11 is 0. The van der Waals surface area contributed by atoms with Crippen LogP contribution in [0.3, 0.4) is 0 Å². The molecule has 0 amide bonds. The molecule has 5 rings (SSSR count). The number of benzene rings is 3. The lowest BCUT2D eigenvalue weighted by atomic mass is 9.70. The van der Waals surface area contributed by atoms with Gasteiger partial charge in [0, 0.05) is 23.7 Å². The van der Waals surface area contributed by atoms with E-state index in [1.54, 1.807) is 0 Å². The summed E-state index contributed by atoms with van der Waals surface area (Å²) < 4.78 is 0. The molecule has 0 saturated heterocycles. The van der Waals surface area contributed by atoms with Crippen LogP contribution in [0.5, 0.6) is 0 Å². The molecule has 2 heteroatoms. The fourth-order valence-electron chi connectivity index (χ4n) is 4.51. The quantitative estimate of drug-likeness (QED) is 0.628. The van der Waals surface area contributed by atoms with Gasteiger partial charge in [-0.2, -0.15) is 0 Å². The number of carbonyl (C=O) groups is 1. The van der Waals surface area contributed by atoms with Gasteiger partial charge in [-0.25, -0.2) is 0 Å². The average molecular weight is 339 g/mol. The highest BCUT2D eigenvalue weighted by Crippen LogP contribution is 2.49. The van der Waals surface area contributed by atoms with Crippen LogP contribution in [0, 0.1) is 12.8 Å². The molecule has 26 heavy (non-hydrogen) atoms. The first-order chi connectivity index (χ1) is 12.7. The zero-order valence-electron chi connectivity index (χ0n) is 14.8. The molecule has 128 valence electrons. The second kappa shape index (κ2) is 5.84. The third kappa shape index (κ3) is 2.29. The Morgan fingerprint density at radius 1 is 0.923 bits per heavy atom. The van der Waals surface area contributed by atoms with E-state index in [1.807, 2.05) is 0 Å². The molecule has 2 nitrogen and oxygen atoms in total. The third-order valence-corrected chi connectivity index (χ3v) is 5.77. The minimum Gasteiger partial charge on any atom is -0.358 e. The molecule has 0 unspecified atom stereocenters. The lowest BCUT2D eigenvalue weighted by Gasteiger charge is -2.38. The molecule has 0 radical (unpaired) electrons. The minimum atomic E-state index is -0.107. The molecule has 2 atom stereocenters. The van der Waals surface area contributed by atoms with Crippen molar-refractivity contribution in [3.63, 3.8) is 0 Å². The Bertz CT molecular complexity index is 1050. The second-order valence-electron chi connectivity index (χ2n) is 7.40. The number of anilines is 1. The zero-order chi connectivity index (χ0) is 17.7. The lowest BCUT2D eigenvalue weighted by molar-refractivity contribution is -0.122. The zero-order valence-corrected chi connectivity index (χ0v) is 14.8. The van der Waals surface area contributed by atoms with Crippen LogP contribution >= 0.6 is 0 Å². The summed E-state index contributed by atoms with van der Waals surface area (Å²) in [5.41, 5.74) is 5.93. The topological polar surface area (TPSA) is 29.1 Å². The molecular formula is C24H21NO. The Morgan fingerprint density at radius 3 is 2.58 bits per heavy atom. The molecule has 3 aromatic carbocycles. The van der Waals surface area contributed by atoms with Gasteiger partial charge in [-0.05, 0) is 41.3 Å². The molecule has 0 bridgehead atoms. The van der Waals surface area contributed by atoms with E-state index in [-0.39, 0.29) is 11.8 Å². The van der Waals surface area contributed by atoms with Crippen molar-refractivity contribution in [2.45, 2.75) is 25.7 Å². The first-order valence-electron chi connectivity index (χ1n) is 9.30. The van der Waals surface area contributed by atoms with Gasteiger partial charge in [0.05, 0.1) is 5.92 Å². The number of hydrogen-bond acceptors (Lipinski definition) is 2. The SMILES string of the molecule is Cc1ccc([C@@H]2c3c(ccc4ccccc34)NC3=CCCC(=O)[C@H]32)cc1. The first-order valence-corrected chi connectivity index (χ1v) is 9.30. The number of carbonyl (C=O) groups excluding carboxylic acids is 1. The minimum absolute atomic E-state index is 0.0667. The Kier molecular flexibility index (Phi) is 3.46. The van der Waals surface area contributed by atoms with Crippen LogP contribution in [0.1, 0.15) is 35.4 Å². The van der Waals surface area contributed by atoms with Crippen molar-refractivity contribution in [1.29, 1.82) is 0 Å². The highest BCUT2D eigenvalue weighted by Gasteiger charge is 2.40. The Hall–Kier alpha value is -2.87. The van der Waals surface area contributed by atoms with E-state index in [9.17, 15) is 4.79 Å². The number of aryl methyl sites for hydroxylation is 1. The van der Waals surface area contributed by atoms with Crippen molar-refractivity contribution in [2.75, 3.05) is 5.32 Å². The molecule has 1 aliphatic heterocycles. The summed E-state index contributed by atoms with van der Waals surface area (Å²) in [6, 6.07) is 21.5. The van der Waals surface area contributed by atoms with Gasteiger partial charge in [0.1, 0.15) is 5.78 Å². The van der Waals surface area contributed by atoms with Crippen LogP contribution < -0.4 is 5.32 Å². The van der Waals surface area contributed by atoms with Crippen LogP contribution in [0.4, 0.5) is 5.69 Å². The van der Waals surface area contributed by atoms with Crippen LogP contribution in [-0.2, 0) is 4.79 Å². The van der Waals surface area contributed by atoms with Gasteiger partial charge in [-0.1, -0.05) is 66.2 Å². The average Bonchev–Trinajstić information content (AvgIpc) is 2.67. The number of rotatable bonds is 1. The van der Waals surface area contributed by atoms with E-state index >= 15 is 0 Å². The first kappa shape index (κ1) is 15.4. The van der Waals surface area contributed by atoms with Crippen LogP contribution in [0.25, 0.3) is 10.8 Å². The Labute approximate surface area is 153 Å². The van der Waals surface area contributed by atoms with E-state index in [0.717, 1.165) is 17.8 Å². The maximum atomic E-state index is 12.9. The predicted molar refractivity (Wildman–Crippen MR) is 106 cm³/mol. The summed E-state index contributed by atoms with van der Waals surface area (Å²) in [6.07, 6.45) is 3.69. The van der Waals surface area contributed by atoms with Crippen LogP contribution in [0.2, 0.25) is 0 Å². The van der Waals surface area contributed by atoms with Crippen molar-refractivity contribution >= 4 is 22.2 Å². The fourth-order valence-corrected chi connectivity index (χ4v) is 4.51. The number of ketones is 1. The third-order valence-electron chi connectivity index (χ3n) is 5.77. The monoisotopic (exact) mass is 339 g/mol. The summed E-state index contributed by atoms with van der Waals surface area (Å²) in [7, 11) is 0. The predicted octanol–water partition coefficient (Wildman–Crippen LogP) is 5.57. The molecular weight excluding hydrogens is 318 g/mol. The van der Waals surface area contributed by atoms with E-state index in [4.69, 9.17) is 0 Å². The fraction of sp³-hybridized carbons (Fsp3) is 0.208. The summed E-state index contributed by atoms with van der Waals surface area (Å²) in [5.74, 6) is 0.306. The van der Waals surface area contributed by atoms with Crippen molar-refractivity contribution in [2.24, 2.45) is 5.92 Å². The van der Waals surface area contributed by atoms with Crippen molar-refractivity contribution < 1.29 is 4.79 Å². The van der Waals surface area contributed by atoms with Gasteiger partial charge in [0.25, 0.3) is 0 Å². The normalized spacial score (nSPS) is 21.6. The highest BCUT2D eigenvalue weighted by atomic mass is 16.1. The molecule has 1 heterocycles. The second-order valence-corrected chi connectivity index (χ2v) is 7.40. The van der Waals surface area contributed by atoms with Gasteiger partial charge in [-0.3, -0.25) is 4.79 Å². The van der Waals surface area contributed by atoms with Gasteiger partial charge in [0.15, 0.2) is 0 Å². The molecule has 0 fully saturated rings. The van der Waals surface area contributed by atoms with Gasteiger partial charge in [-0.15, -0.1) is 0 Å². The highest BCUT2D eigenvalue weighted by molar-refractivity contribution is 5.96. The molecule has 1 aliphatic carbocycles. The van der Waals surface area contributed by atoms with Crippen LogP contribution in [0.15, 0.2) is 72.4 Å². The summed E-state index contributed by atoms with van der Waals surface area (Å²) in [5, 5.41) is 6.03. The Morgan fingerprint density at radius 2 is 1.73 bits per heavy atom. The van der Waals surface area contributed by atoms with Gasteiger partial charge in [0.2, 0.25) is 0 Å². The van der Waals surface area contributed by atoms with Crippen molar-refractivity contribution in [3.8, 4) is 0 Å². The van der Waals surface area contributed by atoms with E-state index in [1.165, 1.54) is 27.5 Å². The smallest absolute Gasteiger partial charge is 0.143 e. The maximum absolute atomic E-state index is 12.9. The molecule has 2 aliphatic rings. The lowest BCUT2D eigenvalue weighted by Crippen LogP contribution is -2.34. The summed E-state index contributed by atoms with van der Waals surface area (Å²) in [4.78, 5) is 12.9. The number of nitrogens with one attached hydrogen (secondary N) is 1. The molecule has 3 aromatic rings. The number of allylic oxidation sites excluding steroid dienone is 2. The standard InChI is InChI=1S/C24H21NO/c1-15-9-11-17(12-10-15)22-23-18-6-3-2-5-16(18)13-14-20(23)25-19-7-4-8-21(26)24(19)22/h2-3,5-7,9-14,22,24-25H,4,8H2,1H3/t22-,24+/m1/s1.